The SMILES string of the molecule is COc1cccc(-c2cccc3nc4ccccc4cc23)c1. The Balaban J connectivity index is 2.02. The van der Waals surface area contributed by atoms with Gasteiger partial charge in [0.05, 0.1) is 18.1 Å². The van der Waals surface area contributed by atoms with Crippen LogP contribution in [0.5, 0.6) is 5.75 Å². The maximum atomic E-state index is 5.34. The number of hydrogen-bond acceptors (Lipinski definition) is 2. The minimum Gasteiger partial charge on any atom is -0.497 e. The van der Waals surface area contributed by atoms with Gasteiger partial charge in [0.1, 0.15) is 5.75 Å². The second kappa shape index (κ2) is 5.15. The van der Waals surface area contributed by atoms with E-state index < -0.39 is 0 Å². The molecule has 0 aliphatic rings. The van der Waals surface area contributed by atoms with Crippen LogP contribution in [0.2, 0.25) is 0 Å². The Hall–Kier alpha value is -2.87. The summed E-state index contributed by atoms with van der Waals surface area (Å²) in [6, 6.07) is 24.8. The normalized spacial score (nSPS) is 11.0. The van der Waals surface area contributed by atoms with Crippen molar-refractivity contribution in [1.82, 2.24) is 4.98 Å². The molecule has 0 amide bonds. The lowest BCUT2D eigenvalue weighted by atomic mass is 9.99. The molecule has 0 atom stereocenters. The second-order valence-electron chi connectivity index (χ2n) is 5.29. The molecule has 1 heterocycles. The third-order valence-corrected chi connectivity index (χ3v) is 3.94. The van der Waals surface area contributed by atoms with Crippen molar-refractivity contribution in [3.05, 3.63) is 72.8 Å². The van der Waals surface area contributed by atoms with Gasteiger partial charge in [-0.25, -0.2) is 4.98 Å². The lowest BCUT2D eigenvalue weighted by Gasteiger charge is -2.09. The van der Waals surface area contributed by atoms with Crippen LogP contribution in [0.4, 0.5) is 0 Å². The summed E-state index contributed by atoms with van der Waals surface area (Å²) in [6.07, 6.45) is 0. The van der Waals surface area contributed by atoms with Crippen LogP contribution in [0.1, 0.15) is 0 Å². The molecular formula is C20H15NO. The maximum Gasteiger partial charge on any atom is 0.119 e. The summed E-state index contributed by atoms with van der Waals surface area (Å²) in [5.41, 5.74) is 4.36. The number of nitrogens with zero attached hydrogens (tertiary/aromatic N) is 1. The van der Waals surface area contributed by atoms with Crippen molar-refractivity contribution in [2.24, 2.45) is 0 Å². The van der Waals surface area contributed by atoms with Crippen molar-refractivity contribution in [3.8, 4) is 16.9 Å². The predicted molar refractivity (Wildman–Crippen MR) is 91.2 cm³/mol. The molecule has 4 rings (SSSR count). The number of hydrogen-bond donors (Lipinski definition) is 0. The van der Waals surface area contributed by atoms with Gasteiger partial charge in [-0.1, -0.05) is 42.5 Å². The Morgan fingerprint density at radius 3 is 2.50 bits per heavy atom. The highest BCUT2D eigenvalue weighted by Crippen LogP contribution is 2.31. The van der Waals surface area contributed by atoms with Gasteiger partial charge in [-0.15, -0.1) is 0 Å². The molecule has 0 bridgehead atoms. The lowest BCUT2D eigenvalue weighted by molar-refractivity contribution is 0.415. The first-order chi connectivity index (χ1) is 10.8. The molecule has 0 radical (unpaired) electrons. The van der Waals surface area contributed by atoms with Crippen molar-refractivity contribution in [2.45, 2.75) is 0 Å². The molecule has 4 aromatic rings. The molecule has 106 valence electrons. The van der Waals surface area contributed by atoms with E-state index in [1.165, 1.54) is 5.56 Å². The predicted octanol–water partition coefficient (Wildman–Crippen LogP) is 5.06. The Labute approximate surface area is 129 Å². The lowest BCUT2D eigenvalue weighted by Crippen LogP contribution is -1.87. The van der Waals surface area contributed by atoms with Crippen molar-refractivity contribution in [1.29, 1.82) is 0 Å². The highest BCUT2D eigenvalue weighted by molar-refractivity contribution is 6.01. The van der Waals surface area contributed by atoms with E-state index in [-0.39, 0.29) is 0 Å². The minimum atomic E-state index is 0.864. The van der Waals surface area contributed by atoms with Crippen LogP contribution in [0.25, 0.3) is 32.9 Å². The largest absolute Gasteiger partial charge is 0.497 e. The van der Waals surface area contributed by atoms with Crippen LogP contribution in [0, 0.1) is 0 Å². The smallest absolute Gasteiger partial charge is 0.119 e. The van der Waals surface area contributed by atoms with Crippen LogP contribution in [0.3, 0.4) is 0 Å². The molecule has 0 unspecified atom stereocenters. The highest BCUT2D eigenvalue weighted by atomic mass is 16.5. The van der Waals surface area contributed by atoms with Crippen molar-refractivity contribution in [2.75, 3.05) is 7.11 Å². The zero-order valence-electron chi connectivity index (χ0n) is 12.3. The van der Waals surface area contributed by atoms with Crippen LogP contribution < -0.4 is 4.74 Å². The fourth-order valence-corrected chi connectivity index (χ4v) is 2.84. The van der Waals surface area contributed by atoms with E-state index in [9.17, 15) is 0 Å². The first kappa shape index (κ1) is 12.8. The summed E-state index contributed by atoms with van der Waals surface area (Å²) in [7, 11) is 1.69. The minimum absolute atomic E-state index is 0.864. The number of ether oxygens (including phenoxy) is 1. The standard InChI is InChI=1S/C20H15NO/c1-22-16-8-4-7-14(12-16)17-9-5-11-20-18(17)13-15-6-2-3-10-19(15)21-20/h2-13H,1H3. The molecular weight excluding hydrogens is 270 g/mol. The van der Waals surface area contributed by atoms with E-state index in [0.717, 1.165) is 33.1 Å². The summed E-state index contributed by atoms with van der Waals surface area (Å²) in [5.74, 6) is 0.864. The highest BCUT2D eigenvalue weighted by Gasteiger charge is 2.07. The topological polar surface area (TPSA) is 22.1 Å². The van der Waals surface area contributed by atoms with Crippen molar-refractivity contribution >= 4 is 21.8 Å². The quantitative estimate of drug-likeness (QED) is 0.480. The zero-order chi connectivity index (χ0) is 14.9. The van der Waals surface area contributed by atoms with Gasteiger partial charge in [0.25, 0.3) is 0 Å². The fraction of sp³-hybridized carbons (Fsp3) is 0.0500. The number of methoxy groups -OCH3 is 1. The zero-order valence-corrected chi connectivity index (χ0v) is 12.3. The van der Waals surface area contributed by atoms with Crippen molar-refractivity contribution < 1.29 is 4.74 Å². The average molecular weight is 285 g/mol. The molecule has 0 aliphatic heterocycles. The van der Waals surface area contributed by atoms with E-state index in [0.29, 0.717) is 0 Å². The van der Waals surface area contributed by atoms with E-state index in [2.05, 4.69) is 42.5 Å². The molecule has 0 saturated carbocycles. The number of para-hydroxylation sites is 1. The Bertz CT molecular complexity index is 975. The van der Waals surface area contributed by atoms with E-state index in [4.69, 9.17) is 9.72 Å². The molecule has 2 nitrogen and oxygen atoms in total. The van der Waals surface area contributed by atoms with Crippen LogP contribution in [-0.4, -0.2) is 12.1 Å². The van der Waals surface area contributed by atoms with Gasteiger partial charge < -0.3 is 4.74 Å². The maximum absolute atomic E-state index is 5.34. The molecule has 22 heavy (non-hydrogen) atoms. The third kappa shape index (κ3) is 2.09. The van der Waals surface area contributed by atoms with Gasteiger partial charge in [-0.2, -0.15) is 0 Å². The molecule has 1 aromatic heterocycles. The molecule has 0 aliphatic carbocycles. The summed E-state index contributed by atoms with van der Waals surface area (Å²) >= 11 is 0. The van der Waals surface area contributed by atoms with Crippen LogP contribution in [0.15, 0.2) is 72.8 Å². The molecule has 0 saturated heterocycles. The average Bonchev–Trinajstić information content (AvgIpc) is 2.59. The Morgan fingerprint density at radius 2 is 1.59 bits per heavy atom. The fourth-order valence-electron chi connectivity index (χ4n) is 2.84. The van der Waals surface area contributed by atoms with Gasteiger partial charge in [0.15, 0.2) is 0 Å². The number of benzene rings is 3. The molecule has 0 spiro atoms. The van der Waals surface area contributed by atoms with E-state index in [1.807, 2.05) is 30.3 Å². The van der Waals surface area contributed by atoms with Crippen molar-refractivity contribution in [3.63, 3.8) is 0 Å². The number of rotatable bonds is 2. The first-order valence-corrected chi connectivity index (χ1v) is 7.28. The Morgan fingerprint density at radius 1 is 0.773 bits per heavy atom. The van der Waals surface area contributed by atoms with Gasteiger partial charge in [-0.05, 0) is 41.5 Å². The number of pyridine rings is 1. The second-order valence-corrected chi connectivity index (χ2v) is 5.29. The van der Waals surface area contributed by atoms with Gasteiger partial charge >= 0.3 is 0 Å². The molecule has 0 N–H and O–H groups in total. The summed E-state index contributed by atoms with van der Waals surface area (Å²) in [6.45, 7) is 0. The van der Waals surface area contributed by atoms with E-state index >= 15 is 0 Å². The van der Waals surface area contributed by atoms with Gasteiger partial charge in [0.2, 0.25) is 0 Å². The molecule has 3 aromatic carbocycles. The summed E-state index contributed by atoms with van der Waals surface area (Å²) in [5, 5.41) is 2.32. The third-order valence-electron chi connectivity index (χ3n) is 3.94. The monoisotopic (exact) mass is 285 g/mol. The molecule has 2 heteroatoms. The van der Waals surface area contributed by atoms with Gasteiger partial charge in [-0.3, -0.25) is 0 Å². The van der Waals surface area contributed by atoms with Crippen LogP contribution >= 0.6 is 0 Å². The summed E-state index contributed by atoms with van der Waals surface area (Å²) < 4.78 is 5.34. The number of fused-ring (bicyclic) bond motifs is 2. The first-order valence-electron chi connectivity index (χ1n) is 7.28. The molecule has 0 fully saturated rings. The van der Waals surface area contributed by atoms with Crippen LogP contribution in [-0.2, 0) is 0 Å². The number of aromatic nitrogens is 1. The van der Waals surface area contributed by atoms with Gasteiger partial charge in [0, 0.05) is 10.8 Å². The van der Waals surface area contributed by atoms with E-state index in [1.54, 1.807) is 7.11 Å². The summed E-state index contributed by atoms with van der Waals surface area (Å²) in [4.78, 5) is 4.78. The Kier molecular flexibility index (Phi) is 3.01.